The van der Waals surface area contributed by atoms with Gasteiger partial charge in [0.2, 0.25) is 0 Å². The van der Waals surface area contributed by atoms with Crippen molar-refractivity contribution in [1.82, 2.24) is 10.3 Å². The van der Waals surface area contributed by atoms with Gasteiger partial charge in [-0.25, -0.2) is 9.78 Å². The highest BCUT2D eigenvalue weighted by Crippen LogP contribution is 2.12. The Kier molecular flexibility index (Phi) is 5.07. The molecule has 0 saturated carbocycles. The molecule has 7 nitrogen and oxygen atoms in total. The van der Waals surface area contributed by atoms with Gasteiger partial charge in [0.15, 0.2) is 5.69 Å². The Hall–Kier alpha value is -2.19. The van der Waals surface area contributed by atoms with Gasteiger partial charge in [0, 0.05) is 5.38 Å². The van der Waals surface area contributed by atoms with Crippen molar-refractivity contribution in [3.05, 3.63) is 39.7 Å². The predicted molar refractivity (Wildman–Crippen MR) is 75.8 cm³/mol. The van der Waals surface area contributed by atoms with Gasteiger partial charge < -0.3 is 20.2 Å². The topological polar surface area (TPSA) is 107 Å². The zero-order valence-electron chi connectivity index (χ0n) is 11.4. The summed E-state index contributed by atoms with van der Waals surface area (Å²) in [7, 11) is 0. The van der Waals surface area contributed by atoms with Crippen LogP contribution in [0.3, 0.4) is 0 Å². The Morgan fingerprint density at radius 1 is 1.52 bits per heavy atom. The van der Waals surface area contributed by atoms with Crippen molar-refractivity contribution < 1.29 is 18.7 Å². The third-order valence-electron chi connectivity index (χ3n) is 2.55. The van der Waals surface area contributed by atoms with E-state index >= 15 is 0 Å². The number of carbonyl (C=O) groups is 2. The number of rotatable bonds is 6. The molecule has 0 fully saturated rings. The number of nitrogens with one attached hydrogen (secondary N) is 1. The van der Waals surface area contributed by atoms with Crippen LogP contribution in [-0.2, 0) is 17.8 Å². The molecule has 0 radical (unpaired) electrons. The molecule has 0 aromatic carbocycles. The maximum atomic E-state index is 11.9. The van der Waals surface area contributed by atoms with E-state index in [-0.39, 0.29) is 24.7 Å². The van der Waals surface area contributed by atoms with E-state index in [1.807, 2.05) is 0 Å². The number of nitrogens with zero attached hydrogens (tertiary/aromatic N) is 1. The second-order valence-corrected chi connectivity index (χ2v) is 4.98. The molecule has 0 aliphatic rings. The average molecular weight is 309 g/mol. The quantitative estimate of drug-likeness (QED) is 0.779. The number of hydrogen-bond donors (Lipinski definition) is 2. The van der Waals surface area contributed by atoms with Gasteiger partial charge in [-0.15, -0.1) is 11.3 Å². The predicted octanol–water partition coefficient (Wildman–Crippen LogP) is 1.30. The summed E-state index contributed by atoms with van der Waals surface area (Å²) in [5.74, 6) is -0.209. The monoisotopic (exact) mass is 309 g/mol. The third kappa shape index (κ3) is 3.89. The lowest BCUT2D eigenvalue weighted by atomic mass is 10.3. The first-order chi connectivity index (χ1) is 10.1. The van der Waals surface area contributed by atoms with Gasteiger partial charge in [0.25, 0.3) is 5.91 Å². The number of amides is 1. The smallest absolute Gasteiger partial charge is 0.357 e. The summed E-state index contributed by atoms with van der Waals surface area (Å²) in [6.07, 6.45) is 1.35. The molecule has 2 aromatic heterocycles. The van der Waals surface area contributed by atoms with Gasteiger partial charge in [-0.3, -0.25) is 4.79 Å². The number of thiazole rings is 1. The molecule has 112 valence electrons. The molecule has 3 N–H and O–H groups in total. The van der Waals surface area contributed by atoms with E-state index in [9.17, 15) is 9.59 Å². The highest BCUT2D eigenvalue weighted by molar-refractivity contribution is 7.09. The fourth-order valence-corrected chi connectivity index (χ4v) is 2.26. The normalized spacial score (nSPS) is 10.4. The largest absolute Gasteiger partial charge is 0.467 e. The first-order valence-electron chi connectivity index (χ1n) is 6.31. The van der Waals surface area contributed by atoms with Gasteiger partial charge in [0.1, 0.15) is 17.0 Å². The first kappa shape index (κ1) is 15.2. The standard InChI is InChI=1S/C13H15N3O4S/c1-2-19-13(18)10-7-21-11(16-10)5-15-12(17)8-3-9(4-14)20-6-8/h3,6-7H,2,4-5,14H2,1H3,(H,15,17). The van der Waals surface area contributed by atoms with Gasteiger partial charge in [0.05, 0.1) is 25.3 Å². The lowest BCUT2D eigenvalue weighted by molar-refractivity contribution is 0.0520. The van der Waals surface area contributed by atoms with Crippen LogP contribution in [0.4, 0.5) is 0 Å². The Morgan fingerprint density at radius 3 is 3.00 bits per heavy atom. The molecule has 8 heteroatoms. The summed E-state index contributed by atoms with van der Waals surface area (Å²) in [6.45, 7) is 2.49. The summed E-state index contributed by atoms with van der Waals surface area (Å²) in [5.41, 5.74) is 6.06. The van der Waals surface area contributed by atoms with E-state index in [0.29, 0.717) is 22.9 Å². The number of nitrogens with two attached hydrogens (primary N) is 1. The van der Waals surface area contributed by atoms with Crippen LogP contribution in [-0.4, -0.2) is 23.5 Å². The lowest BCUT2D eigenvalue weighted by Gasteiger charge is -2.00. The molecule has 21 heavy (non-hydrogen) atoms. The number of hydrogen-bond acceptors (Lipinski definition) is 7. The van der Waals surface area contributed by atoms with Crippen molar-refractivity contribution in [3.63, 3.8) is 0 Å². The van der Waals surface area contributed by atoms with Crippen LogP contribution < -0.4 is 11.1 Å². The maximum absolute atomic E-state index is 11.9. The van der Waals surface area contributed by atoms with Crippen LogP contribution in [0.1, 0.15) is 38.5 Å². The van der Waals surface area contributed by atoms with E-state index in [1.165, 1.54) is 17.6 Å². The Labute approximate surface area is 125 Å². The van der Waals surface area contributed by atoms with Crippen molar-refractivity contribution >= 4 is 23.2 Å². The van der Waals surface area contributed by atoms with E-state index in [1.54, 1.807) is 18.4 Å². The maximum Gasteiger partial charge on any atom is 0.357 e. The molecule has 2 heterocycles. The van der Waals surface area contributed by atoms with Crippen molar-refractivity contribution in [2.24, 2.45) is 5.73 Å². The fourth-order valence-electron chi connectivity index (χ4n) is 1.56. The number of ether oxygens (including phenoxy) is 1. The molecule has 2 aromatic rings. The molecule has 0 spiro atoms. The van der Waals surface area contributed by atoms with Crippen LogP contribution in [0.5, 0.6) is 0 Å². The van der Waals surface area contributed by atoms with E-state index in [4.69, 9.17) is 14.9 Å². The summed E-state index contributed by atoms with van der Waals surface area (Å²) < 4.78 is 9.93. The van der Waals surface area contributed by atoms with Crippen LogP contribution in [0.15, 0.2) is 22.1 Å². The minimum Gasteiger partial charge on any atom is -0.467 e. The molecule has 2 rings (SSSR count). The average Bonchev–Trinajstić information content (AvgIpc) is 3.14. The van der Waals surface area contributed by atoms with Crippen molar-refractivity contribution in [3.8, 4) is 0 Å². The highest BCUT2D eigenvalue weighted by Gasteiger charge is 2.13. The molecular formula is C13H15N3O4S. The molecule has 0 aliphatic carbocycles. The number of carbonyl (C=O) groups excluding carboxylic acids is 2. The van der Waals surface area contributed by atoms with Crippen molar-refractivity contribution in [2.45, 2.75) is 20.0 Å². The zero-order valence-corrected chi connectivity index (χ0v) is 12.2. The van der Waals surface area contributed by atoms with E-state index < -0.39 is 5.97 Å². The fraction of sp³-hybridized carbons (Fsp3) is 0.308. The first-order valence-corrected chi connectivity index (χ1v) is 7.19. The third-order valence-corrected chi connectivity index (χ3v) is 3.40. The molecule has 0 bridgehead atoms. The number of aromatic nitrogens is 1. The second kappa shape index (κ2) is 7.00. The zero-order chi connectivity index (χ0) is 15.2. The van der Waals surface area contributed by atoms with E-state index in [2.05, 4.69) is 10.3 Å². The summed E-state index contributed by atoms with van der Waals surface area (Å²) in [6, 6.07) is 1.58. The summed E-state index contributed by atoms with van der Waals surface area (Å²) in [4.78, 5) is 27.4. The van der Waals surface area contributed by atoms with Gasteiger partial charge in [-0.2, -0.15) is 0 Å². The van der Waals surface area contributed by atoms with Gasteiger partial charge in [-0.1, -0.05) is 0 Å². The van der Waals surface area contributed by atoms with Crippen molar-refractivity contribution in [2.75, 3.05) is 6.61 Å². The number of esters is 1. The molecular weight excluding hydrogens is 294 g/mol. The molecule has 0 atom stereocenters. The molecule has 1 amide bonds. The molecule has 0 aliphatic heterocycles. The number of furan rings is 1. The minimum absolute atomic E-state index is 0.228. The summed E-state index contributed by atoms with van der Waals surface area (Å²) in [5, 5.41) is 4.91. The van der Waals surface area contributed by atoms with Gasteiger partial charge >= 0.3 is 5.97 Å². The minimum atomic E-state index is -0.464. The molecule has 0 saturated heterocycles. The van der Waals surface area contributed by atoms with Crippen LogP contribution in [0, 0.1) is 0 Å². The Bertz CT molecular complexity index is 635. The summed E-state index contributed by atoms with van der Waals surface area (Å²) >= 11 is 1.28. The molecule has 0 unspecified atom stereocenters. The Balaban J connectivity index is 1.91. The van der Waals surface area contributed by atoms with Crippen molar-refractivity contribution in [1.29, 1.82) is 0 Å². The van der Waals surface area contributed by atoms with Crippen LogP contribution in [0.25, 0.3) is 0 Å². The highest BCUT2D eigenvalue weighted by atomic mass is 32.1. The van der Waals surface area contributed by atoms with Crippen LogP contribution in [0.2, 0.25) is 0 Å². The Morgan fingerprint density at radius 2 is 2.33 bits per heavy atom. The van der Waals surface area contributed by atoms with Gasteiger partial charge in [-0.05, 0) is 13.0 Å². The lowest BCUT2D eigenvalue weighted by Crippen LogP contribution is -2.22. The van der Waals surface area contributed by atoms with E-state index in [0.717, 1.165) is 0 Å². The second-order valence-electron chi connectivity index (χ2n) is 4.04. The SMILES string of the molecule is CCOC(=O)c1csc(CNC(=O)c2coc(CN)c2)n1. The van der Waals surface area contributed by atoms with Crippen LogP contribution >= 0.6 is 11.3 Å².